The Balaban J connectivity index is 2.29. The zero-order valence-corrected chi connectivity index (χ0v) is 10.5. The Bertz CT molecular complexity index is 665. The highest BCUT2D eigenvalue weighted by Gasteiger charge is 2.24. The van der Waals surface area contributed by atoms with E-state index < -0.39 is 22.1 Å². The number of nitrogens with zero attached hydrogens (tertiary/aromatic N) is 3. The maximum atomic E-state index is 11.2. The smallest absolute Gasteiger partial charge is 0.346 e. The van der Waals surface area contributed by atoms with Gasteiger partial charge < -0.3 is 9.84 Å². The van der Waals surface area contributed by atoms with Crippen molar-refractivity contribution >= 4 is 11.7 Å². The zero-order chi connectivity index (χ0) is 14.7. The molecule has 0 fully saturated rings. The summed E-state index contributed by atoms with van der Waals surface area (Å²) in [6.07, 6.45) is 1.71. The third kappa shape index (κ3) is 2.74. The number of hydrogen-bond donors (Lipinski definition) is 1. The van der Waals surface area contributed by atoms with Gasteiger partial charge in [0.05, 0.1) is 10.6 Å². The summed E-state index contributed by atoms with van der Waals surface area (Å²) in [7, 11) is 1.74. The molecule has 0 atom stereocenters. The van der Waals surface area contributed by atoms with Crippen molar-refractivity contribution in [2.45, 2.75) is 6.61 Å². The van der Waals surface area contributed by atoms with Crippen LogP contribution in [0.4, 0.5) is 5.69 Å². The minimum absolute atomic E-state index is 0.0300. The molecule has 0 spiro atoms. The highest BCUT2D eigenvalue weighted by molar-refractivity contribution is 5.95. The largest absolute Gasteiger partial charge is 0.486 e. The topological polar surface area (TPSA) is 107 Å². The van der Waals surface area contributed by atoms with Crippen LogP contribution in [0.5, 0.6) is 5.75 Å². The highest BCUT2D eigenvalue weighted by atomic mass is 16.6. The number of hydrogen-bond acceptors (Lipinski definition) is 5. The van der Waals surface area contributed by atoms with Crippen molar-refractivity contribution in [3.05, 3.63) is 51.8 Å². The SMILES string of the molecule is Cn1ccc(COc2cccc([N+](=O)[O-])c2C(=O)O)n1. The second-order valence-electron chi connectivity index (χ2n) is 3.98. The summed E-state index contributed by atoms with van der Waals surface area (Å²) in [5.41, 5.74) is -0.375. The molecule has 2 aromatic rings. The molecule has 8 heteroatoms. The number of carbonyl (C=O) groups is 1. The molecule has 0 radical (unpaired) electrons. The molecule has 1 N–H and O–H groups in total. The van der Waals surface area contributed by atoms with E-state index in [-0.39, 0.29) is 12.4 Å². The molecule has 0 aliphatic heterocycles. The molecule has 1 heterocycles. The number of aromatic carboxylic acids is 1. The lowest BCUT2D eigenvalue weighted by molar-refractivity contribution is -0.385. The van der Waals surface area contributed by atoms with E-state index in [1.807, 2.05) is 0 Å². The first-order valence-electron chi connectivity index (χ1n) is 5.61. The molecule has 0 bridgehead atoms. The van der Waals surface area contributed by atoms with E-state index in [1.165, 1.54) is 12.1 Å². The van der Waals surface area contributed by atoms with Crippen LogP contribution in [-0.4, -0.2) is 25.8 Å². The highest BCUT2D eigenvalue weighted by Crippen LogP contribution is 2.28. The third-order valence-corrected chi connectivity index (χ3v) is 2.56. The van der Waals surface area contributed by atoms with E-state index in [4.69, 9.17) is 9.84 Å². The van der Waals surface area contributed by atoms with Crippen LogP contribution < -0.4 is 4.74 Å². The minimum atomic E-state index is -1.41. The third-order valence-electron chi connectivity index (χ3n) is 2.56. The molecule has 20 heavy (non-hydrogen) atoms. The normalized spacial score (nSPS) is 10.2. The van der Waals surface area contributed by atoms with E-state index in [0.717, 1.165) is 6.07 Å². The zero-order valence-electron chi connectivity index (χ0n) is 10.5. The van der Waals surface area contributed by atoms with Crippen molar-refractivity contribution in [1.29, 1.82) is 0 Å². The number of ether oxygens (including phenoxy) is 1. The average Bonchev–Trinajstić information content (AvgIpc) is 2.81. The molecular weight excluding hydrogens is 266 g/mol. The van der Waals surface area contributed by atoms with Crippen molar-refractivity contribution in [3.63, 3.8) is 0 Å². The van der Waals surface area contributed by atoms with E-state index >= 15 is 0 Å². The lowest BCUT2D eigenvalue weighted by Gasteiger charge is -2.07. The van der Waals surface area contributed by atoms with Gasteiger partial charge >= 0.3 is 5.97 Å². The standard InChI is InChI=1S/C12H11N3O5/c1-14-6-5-8(13-14)7-20-10-4-2-3-9(15(18)19)11(10)12(16)17/h2-6H,7H2,1H3,(H,16,17). The van der Waals surface area contributed by atoms with Crippen LogP contribution in [0.3, 0.4) is 0 Å². The number of aryl methyl sites for hydroxylation is 1. The van der Waals surface area contributed by atoms with Gasteiger partial charge in [-0.2, -0.15) is 5.10 Å². The van der Waals surface area contributed by atoms with E-state index in [2.05, 4.69) is 5.10 Å². The summed E-state index contributed by atoms with van der Waals surface area (Å²) >= 11 is 0. The van der Waals surface area contributed by atoms with E-state index in [9.17, 15) is 14.9 Å². The van der Waals surface area contributed by atoms with Crippen molar-refractivity contribution in [3.8, 4) is 5.75 Å². The fourth-order valence-electron chi connectivity index (χ4n) is 1.70. The maximum absolute atomic E-state index is 11.2. The fraction of sp³-hybridized carbons (Fsp3) is 0.167. The Labute approximate surface area is 113 Å². The minimum Gasteiger partial charge on any atom is -0.486 e. The molecule has 104 valence electrons. The molecule has 0 aliphatic rings. The predicted molar refractivity (Wildman–Crippen MR) is 67.6 cm³/mol. The average molecular weight is 277 g/mol. The molecule has 0 unspecified atom stereocenters. The number of rotatable bonds is 5. The van der Waals surface area contributed by atoms with Crippen LogP contribution in [0.1, 0.15) is 16.1 Å². The first-order valence-corrected chi connectivity index (χ1v) is 5.61. The molecule has 0 amide bonds. The van der Waals surface area contributed by atoms with Crippen molar-refractivity contribution in [2.24, 2.45) is 7.05 Å². The fourth-order valence-corrected chi connectivity index (χ4v) is 1.70. The van der Waals surface area contributed by atoms with Gasteiger partial charge in [0.25, 0.3) is 5.69 Å². The van der Waals surface area contributed by atoms with Gasteiger partial charge in [-0.3, -0.25) is 14.8 Å². The Morgan fingerprint density at radius 3 is 2.80 bits per heavy atom. The monoisotopic (exact) mass is 277 g/mol. The van der Waals surface area contributed by atoms with Gasteiger partial charge in [-0.05, 0) is 12.1 Å². The Hall–Kier alpha value is -2.90. The van der Waals surface area contributed by atoms with Crippen molar-refractivity contribution in [2.75, 3.05) is 0 Å². The van der Waals surface area contributed by atoms with Crippen molar-refractivity contribution in [1.82, 2.24) is 9.78 Å². The van der Waals surface area contributed by atoms with Crippen LogP contribution in [0.2, 0.25) is 0 Å². The van der Waals surface area contributed by atoms with Crippen LogP contribution in [0, 0.1) is 10.1 Å². The van der Waals surface area contributed by atoms with E-state index in [1.54, 1.807) is 24.0 Å². The molecule has 1 aromatic heterocycles. The molecule has 0 saturated carbocycles. The van der Waals surface area contributed by atoms with Gasteiger partial charge in [0.1, 0.15) is 12.4 Å². The lowest BCUT2D eigenvalue weighted by Crippen LogP contribution is -2.07. The van der Waals surface area contributed by atoms with Crippen LogP contribution in [-0.2, 0) is 13.7 Å². The first-order chi connectivity index (χ1) is 9.49. The van der Waals surface area contributed by atoms with Crippen molar-refractivity contribution < 1.29 is 19.6 Å². The summed E-state index contributed by atoms with van der Waals surface area (Å²) in [5.74, 6) is -1.47. The molecule has 8 nitrogen and oxygen atoms in total. The molecule has 1 aromatic carbocycles. The second kappa shape index (κ2) is 5.39. The van der Waals surface area contributed by atoms with Crippen LogP contribution in [0.25, 0.3) is 0 Å². The Kier molecular flexibility index (Phi) is 3.65. The lowest BCUT2D eigenvalue weighted by atomic mass is 10.1. The summed E-state index contributed by atoms with van der Waals surface area (Å²) in [5, 5.41) is 24.0. The summed E-state index contributed by atoms with van der Waals surface area (Å²) in [4.78, 5) is 21.2. The number of aromatic nitrogens is 2. The van der Waals surface area contributed by atoms with E-state index in [0.29, 0.717) is 5.69 Å². The molecule has 0 aliphatic carbocycles. The van der Waals surface area contributed by atoms with Gasteiger partial charge in [0, 0.05) is 19.3 Å². The Morgan fingerprint density at radius 1 is 1.50 bits per heavy atom. The number of carboxylic acid groups (broad SMARTS) is 1. The summed E-state index contributed by atoms with van der Waals surface area (Å²) in [6.45, 7) is 0.0300. The number of carboxylic acids is 1. The van der Waals surface area contributed by atoms with Gasteiger partial charge in [-0.1, -0.05) is 6.07 Å². The van der Waals surface area contributed by atoms with Gasteiger partial charge in [0.2, 0.25) is 0 Å². The molecular formula is C12H11N3O5. The quantitative estimate of drug-likeness (QED) is 0.657. The summed E-state index contributed by atoms with van der Waals surface area (Å²) < 4.78 is 6.90. The molecule has 2 rings (SSSR count). The second-order valence-corrected chi connectivity index (χ2v) is 3.98. The molecule has 0 saturated heterocycles. The van der Waals surface area contributed by atoms with Gasteiger partial charge in [0.15, 0.2) is 5.56 Å². The number of nitro groups is 1. The number of benzene rings is 1. The number of nitro benzene ring substituents is 1. The summed E-state index contributed by atoms with van der Waals surface area (Å²) in [6, 6.07) is 5.58. The van der Waals surface area contributed by atoms with Crippen LogP contribution in [0.15, 0.2) is 30.5 Å². The Morgan fingerprint density at radius 2 is 2.25 bits per heavy atom. The van der Waals surface area contributed by atoms with Crippen LogP contribution >= 0.6 is 0 Å². The van der Waals surface area contributed by atoms with Gasteiger partial charge in [-0.25, -0.2) is 4.79 Å². The van der Waals surface area contributed by atoms with Gasteiger partial charge in [-0.15, -0.1) is 0 Å². The maximum Gasteiger partial charge on any atom is 0.346 e. The predicted octanol–water partition coefficient (Wildman–Crippen LogP) is 1.61. The first kappa shape index (κ1) is 13.5.